The number of hydrogen-bond donors (Lipinski definition) is 1. The molecule has 0 atom stereocenters. The lowest BCUT2D eigenvalue weighted by Gasteiger charge is -2.15. The molecule has 0 radical (unpaired) electrons. The van der Waals surface area contributed by atoms with Crippen molar-refractivity contribution in [3.8, 4) is 56.9 Å². The van der Waals surface area contributed by atoms with Crippen molar-refractivity contribution in [2.24, 2.45) is 9.98 Å². The smallest absolute Gasteiger partial charge is 0.203 e. The van der Waals surface area contributed by atoms with Crippen LogP contribution >= 0.6 is 0 Å². The van der Waals surface area contributed by atoms with Gasteiger partial charge in [0.2, 0.25) is 11.5 Å². The van der Waals surface area contributed by atoms with Crippen LogP contribution in [-0.4, -0.2) is 59.2 Å². The van der Waals surface area contributed by atoms with E-state index in [4.69, 9.17) is 38.4 Å². The van der Waals surface area contributed by atoms with Crippen LogP contribution in [-0.2, 0) is 12.8 Å². The minimum absolute atomic E-state index is 0.508. The number of unbranched alkanes of at least 4 members (excludes halogenated alkanes) is 2. The Morgan fingerprint density at radius 1 is 0.545 bits per heavy atom. The molecule has 0 amide bonds. The van der Waals surface area contributed by atoms with Crippen molar-refractivity contribution in [2.75, 3.05) is 42.7 Å². The fourth-order valence-electron chi connectivity index (χ4n) is 6.79. The highest BCUT2D eigenvalue weighted by molar-refractivity contribution is 6.38. The Hall–Kier alpha value is -5.96. The second kappa shape index (κ2) is 17.9. The molecule has 1 aliphatic heterocycles. The van der Waals surface area contributed by atoms with Crippen molar-refractivity contribution in [3.63, 3.8) is 0 Å². The van der Waals surface area contributed by atoms with Gasteiger partial charge in [0.1, 0.15) is 5.82 Å². The van der Waals surface area contributed by atoms with Crippen LogP contribution in [0.3, 0.4) is 0 Å². The van der Waals surface area contributed by atoms with Crippen LogP contribution in [0.2, 0.25) is 0 Å². The van der Waals surface area contributed by atoms with E-state index in [0.29, 0.717) is 46.2 Å². The van der Waals surface area contributed by atoms with Crippen LogP contribution in [0.25, 0.3) is 28.0 Å². The SMILES string of the molecule is CCCCc1ccc(C2=N/C(=N\c3[nH]c(-c4ccc(CCCC)cc4)cc3-c3cc(OC)c(OC)c(OC)c3)C(c3cc(OC)c(OC)c(OC)c3)=C2)cc1. The summed E-state index contributed by atoms with van der Waals surface area (Å²) in [5.41, 5.74) is 9.65. The van der Waals surface area contributed by atoms with Crippen LogP contribution in [0.15, 0.2) is 94.9 Å². The van der Waals surface area contributed by atoms with E-state index in [2.05, 4.69) is 79.5 Å². The van der Waals surface area contributed by atoms with Crippen molar-refractivity contribution >= 4 is 22.9 Å². The summed E-state index contributed by atoms with van der Waals surface area (Å²) in [5.74, 6) is 4.32. The molecule has 0 saturated carbocycles. The number of ether oxygens (including phenoxy) is 6. The van der Waals surface area contributed by atoms with Gasteiger partial charge < -0.3 is 33.4 Å². The Kier molecular flexibility index (Phi) is 12.6. The van der Waals surface area contributed by atoms with E-state index in [9.17, 15) is 0 Å². The predicted molar refractivity (Wildman–Crippen MR) is 223 cm³/mol. The molecule has 0 bridgehead atoms. The molecule has 55 heavy (non-hydrogen) atoms. The molecule has 0 fully saturated rings. The number of benzene rings is 4. The van der Waals surface area contributed by atoms with E-state index in [-0.39, 0.29) is 0 Å². The maximum atomic E-state index is 5.77. The molecule has 286 valence electrons. The van der Waals surface area contributed by atoms with Crippen molar-refractivity contribution in [1.29, 1.82) is 0 Å². The zero-order chi connectivity index (χ0) is 38.9. The number of rotatable bonds is 17. The highest BCUT2D eigenvalue weighted by atomic mass is 16.5. The number of hydrogen-bond acceptors (Lipinski definition) is 7. The molecule has 1 aliphatic rings. The van der Waals surface area contributed by atoms with Gasteiger partial charge in [-0.05, 0) is 89.9 Å². The first-order chi connectivity index (χ1) is 26.9. The Morgan fingerprint density at radius 2 is 1.02 bits per heavy atom. The number of methoxy groups -OCH3 is 6. The van der Waals surface area contributed by atoms with Gasteiger partial charge in [0.25, 0.3) is 0 Å². The summed E-state index contributed by atoms with van der Waals surface area (Å²) in [7, 11) is 9.65. The van der Waals surface area contributed by atoms with Gasteiger partial charge in [-0.15, -0.1) is 0 Å². The third-order valence-corrected chi connectivity index (χ3v) is 9.87. The number of nitrogens with one attached hydrogen (secondary N) is 1. The molecular weight excluding hydrogens is 691 g/mol. The molecule has 1 aromatic heterocycles. The number of allylic oxidation sites excluding steroid dienone is 1. The number of aliphatic imine (C=N–C) groups is 2. The first-order valence-electron chi connectivity index (χ1n) is 18.8. The summed E-state index contributed by atoms with van der Waals surface area (Å²) in [5, 5.41) is 0. The highest BCUT2D eigenvalue weighted by Gasteiger charge is 2.25. The molecule has 6 rings (SSSR count). The van der Waals surface area contributed by atoms with E-state index < -0.39 is 0 Å². The maximum absolute atomic E-state index is 5.77. The fourth-order valence-corrected chi connectivity index (χ4v) is 6.79. The molecule has 0 saturated heterocycles. The Balaban J connectivity index is 1.55. The topological polar surface area (TPSA) is 95.9 Å². The molecular formula is C46H51N3O6. The Bertz CT molecular complexity index is 2150. The van der Waals surface area contributed by atoms with Crippen LogP contribution in [0, 0.1) is 0 Å². The normalized spacial score (nSPS) is 13.1. The van der Waals surface area contributed by atoms with Gasteiger partial charge in [0.15, 0.2) is 28.8 Å². The summed E-state index contributed by atoms with van der Waals surface area (Å²) >= 11 is 0. The van der Waals surface area contributed by atoms with E-state index in [0.717, 1.165) is 83.3 Å². The van der Waals surface area contributed by atoms with E-state index in [1.165, 1.54) is 11.1 Å². The molecule has 4 aromatic carbocycles. The third kappa shape index (κ3) is 8.41. The number of amidine groups is 1. The maximum Gasteiger partial charge on any atom is 0.203 e. The number of aromatic nitrogens is 1. The van der Waals surface area contributed by atoms with Gasteiger partial charge in [0, 0.05) is 22.4 Å². The quantitative estimate of drug-likeness (QED) is 0.102. The van der Waals surface area contributed by atoms with Gasteiger partial charge >= 0.3 is 0 Å². The van der Waals surface area contributed by atoms with E-state index >= 15 is 0 Å². The number of aromatic amines is 1. The summed E-state index contributed by atoms with van der Waals surface area (Å²) < 4.78 is 34.4. The lowest BCUT2D eigenvalue weighted by Crippen LogP contribution is -2.00. The zero-order valence-electron chi connectivity index (χ0n) is 33.2. The van der Waals surface area contributed by atoms with Crippen LogP contribution in [0.1, 0.15) is 61.8 Å². The van der Waals surface area contributed by atoms with Crippen molar-refractivity contribution in [3.05, 3.63) is 107 Å². The predicted octanol–water partition coefficient (Wildman–Crippen LogP) is 10.7. The molecule has 5 aromatic rings. The van der Waals surface area contributed by atoms with E-state index in [1.54, 1.807) is 42.7 Å². The molecule has 0 aliphatic carbocycles. The van der Waals surface area contributed by atoms with Crippen molar-refractivity contribution in [2.45, 2.75) is 52.4 Å². The number of nitrogens with zero attached hydrogens (tertiary/aromatic N) is 2. The summed E-state index contributed by atoms with van der Waals surface area (Å²) in [6.07, 6.45) is 8.77. The van der Waals surface area contributed by atoms with Crippen LogP contribution < -0.4 is 28.4 Å². The molecule has 1 N–H and O–H groups in total. The zero-order valence-corrected chi connectivity index (χ0v) is 33.2. The second-order valence-electron chi connectivity index (χ2n) is 13.4. The van der Waals surface area contributed by atoms with Gasteiger partial charge in [-0.1, -0.05) is 75.2 Å². The monoisotopic (exact) mass is 741 g/mol. The Labute approximate surface area is 324 Å². The van der Waals surface area contributed by atoms with Crippen LogP contribution in [0.4, 0.5) is 5.82 Å². The lowest BCUT2D eigenvalue weighted by molar-refractivity contribution is 0.324. The minimum Gasteiger partial charge on any atom is -0.493 e. The lowest BCUT2D eigenvalue weighted by atomic mass is 10.0. The summed E-state index contributed by atoms with van der Waals surface area (Å²) in [6, 6.07) is 27.2. The summed E-state index contributed by atoms with van der Waals surface area (Å²) in [4.78, 5) is 14.1. The fraction of sp³-hybridized carbons (Fsp3) is 0.304. The number of H-pyrrole nitrogens is 1. The van der Waals surface area contributed by atoms with Gasteiger partial charge in [-0.3, -0.25) is 0 Å². The Morgan fingerprint density at radius 3 is 1.47 bits per heavy atom. The highest BCUT2D eigenvalue weighted by Crippen LogP contribution is 2.46. The van der Waals surface area contributed by atoms with E-state index in [1.807, 2.05) is 24.3 Å². The second-order valence-corrected chi connectivity index (χ2v) is 13.4. The van der Waals surface area contributed by atoms with Gasteiger partial charge in [0.05, 0.1) is 48.4 Å². The average Bonchev–Trinajstić information content (AvgIpc) is 3.86. The standard InChI is InChI=1S/C46H51N3O6/c1-9-11-13-29-15-19-31(20-16-29)37-27-35(33-23-39(50-3)43(54-7)40(24-33)51-4)45(47-37)49-46-36(34-25-41(52-5)44(55-8)42(26-34)53-6)28-38(48-46)32-21-17-30(18-22-32)14-12-10-2/h15-28,47H,9-14H2,1-8H3/b49-46-. The molecule has 0 unspecified atom stereocenters. The molecule has 0 spiro atoms. The average molecular weight is 742 g/mol. The molecule has 9 heteroatoms. The van der Waals surface area contributed by atoms with Gasteiger partial charge in [-0.25, -0.2) is 9.98 Å². The molecule has 2 heterocycles. The molecule has 9 nitrogen and oxygen atoms in total. The number of aryl methyl sites for hydroxylation is 2. The first-order valence-corrected chi connectivity index (χ1v) is 18.8. The van der Waals surface area contributed by atoms with Crippen molar-refractivity contribution in [1.82, 2.24) is 4.98 Å². The largest absolute Gasteiger partial charge is 0.493 e. The van der Waals surface area contributed by atoms with Gasteiger partial charge in [-0.2, -0.15) is 0 Å². The van der Waals surface area contributed by atoms with Crippen LogP contribution in [0.5, 0.6) is 34.5 Å². The third-order valence-electron chi connectivity index (χ3n) is 9.87. The summed E-state index contributed by atoms with van der Waals surface area (Å²) in [6.45, 7) is 4.42. The first kappa shape index (κ1) is 38.8. The minimum atomic E-state index is 0.508. The van der Waals surface area contributed by atoms with Crippen molar-refractivity contribution < 1.29 is 28.4 Å².